The van der Waals surface area contributed by atoms with Gasteiger partial charge in [-0.1, -0.05) is 51.8 Å². The van der Waals surface area contributed by atoms with E-state index < -0.39 is 0 Å². The minimum absolute atomic E-state index is 0.176. The molecule has 0 saturated heterocycles. The summed E-state index contributed by atoms with van der Waals surface area (Å²) in [6.07, 6.45) is 0. The van der Waals surface area contributed by atoms with E-state index >= 15 is 0 Å². The van der Waals surface area contributed by atoms with E-state index in [0.717, 1.165) is 21.3 Å². The van der Waals surface area contributed by atoms with Crippen LogP contribution in [0.15, 0.2) is 46.9 Å². The number of hydrazine groups is 1. The summed E-state index contributed by atoms with van der Waals surface area (Å²) in [6.45, 7) is 2.57. The number of para-hydroxylation sites is 1. The Morgan fingerprint density at radius 3 is 2.65 bits per heavy atom. The molecule has 0 saturated carbocycles. The molecular formula is C15H16BrClN2O. The van der Waals surface area contributed by atoms with Crippen molar-refractivity contribution in [2.75, 3.05) is 6.61 Å². The lowest BCUT2D eigenvalue weighted by Gasteiger charge is -2.21. The van der Waals surface area contributed by atoms with Gasteiger partial charge in [-0.2, -0.15) is 0 Å². The van der Waals surface area contributed by atoms with E-state index in [4.69, 9.17) is 22.2 Å². The molecule has 20 heavy (non-hydrogen) atoms. The highest BCUT2D eigenvalue weighted by Crippen LogP contribution is 2.34. The fraction of sp³-hybridized carbons (Fsp3) is 0.200. The first kappa shape index (κ1) is 15.3. The first-order valence-electron chi connectivity index (χ1n) is 6.30. The highest BCUT2D eigenvalue weighted by molar-refractivity contribution is 9.10. The number of halogens is 2. The Morgan fingerprint density at radius 2 is 2.00 bits per heavy atom. The molecule has 3 nitrogen and oxygen atoms in total. The topological polar surface area (TPSA) is 47.3 Å². The van der Waals surface area contributed by atoms with Crippen LogP contribution in [-0.4, -0.2) is 6.61 Å². The van der Waals surface area contributed by atoms with Gasteiger partial charge in [0.15, 0.2) is 0 Å². The van der Waals surface area contributed by atoms with Crippen molar-refractivity contribution in [3.63, 3.8) is 0 Å². The molecule has 0 aliphatic carbocycles. The van der Waals surface area contributed by atoms with Gasteiger partial charge in [0.25, 0.3) is 0 Å². The molecule has 106 valence electrons. The number of benzene rings is 2. The van der Waals surface area contributed by atoms with E-state index in [1.165, 1.54) is 0 Å². The summed E-state index contributed by atoms with van der Waals surface area (Å²) in [6, 6.07) is 13.3. The zero-order chi connectivity index (χ0) is 14.5. The van der Waals surface area contributed by atoms with Gasteiger partial charge < -0.3 is 4.74 Å². The van der Waals surface area contributed by atoms with Crippen molar-refractivity contribution in [2.45, 2.75) is 13.0 Å². The normalized spacial score (nSPS) is 12.2. The Hall–Kier alpha value is -1.07. The van der Waals surface area contributed by atoms with Gasteiger partial charge in [0.1, 0.15) is 5.75 Å². The van der Waals surface area contributed by atoms with Gasteiger partial charge in [-0.05, 0) is 30.7 Å². The fourth-order valence-electron chi connectivity index (χ4n) is 2.09. The number of nitrogens with two attached hydrogens (primary N) is 1. The lowest BCUT2D eigenvalue weighted by Crippen LogP contribution is -2.29. The van der Waals surface area contributed by atoms with Crippen LogP contribution in [0, 0.1) is 0 Å². The third-order valence-electron chi connectivity index (χ3n) is 2.97. The van der Waals surface area contributed by atoms with E-state index in [2.05, 4.69) is 21.4 Å². The van der Waals surface area contributed by atoms with Crippen LogP contribution in [0.3, 0.4) is 0 Å². The molecule has 5 heteroatoms. The summed E-state index contributed by atoms with van der Waals surface area (Å²) < 4.78 is 6.57. The molecule has 2 rings (SSSR count). The van der Waals surface area contributed by atoms with Crippen LogP contribution in [0.2, 0.25) is 5.02 Å². The zero-order valence-corrected chi connectivity index (χ0v) is 13.4. The Kier molecular flexibility index (Phi) is 5.43. The molecule has 0 heterocycles. The quantitative estimate of drug-likeness (QED) is 0.628. The molecule has 1 unspecified atom stereocenters. The summed E-state index contributed by atoms with van der Waals surface area (Å²) >= 11 is 9.51. The van der Waals surface area contributed by atoms with Crippen molar-refractivity contribution >= 4 is 27.5 Å². The van der Waals surface area contributed by atoms with Gasteiger partial charge in [0, 0.05) is 15.1 Å². The Morgan fingerprint density at radius 1 is 1.25 bits per heavy atom. The van der Waals surface area contributed by atoms with Crippen LogP contribution in [0.5, 0.6) is 5.75 Å². The highest BCUT2D eigenvalue weighted by atomic mass is 79.9. The van der Waals surface area contributed by atoms with E-state index in [9.17, 15) is 0 Å². The third-order valence-corrected chi connectivity index (χ3v) is 3.89. The SMILES string of the molecule is CCOc1ccccc1C(NN)c1ccc(Cl)cc1Br. The second-order valence-corrected chi connectivity index (χ2v) is 5.53. The molecule has 2 aromatic rings. The van der Waals surface area contributed by atoms with Crippen LogP contribution in [0.4, 0.5) is 0 Å². The molecule has 0 aliphatic rings. The number of rotatable bonds is 5. The van der Waals surface area contributed by atoms with E-state index in [-0.39, 0.29) is 6.04 Å². The van der Waals surface area contributed by atoms with E-state index in [0.29, 0.717) is 11.6 Å². The summed E-state index contributed by atoms with van der Waals surface area (Å²) in [5, 5.41) is 0.675. The smallest absolute Gasteiger partial charge is 0.124 e. The second-order valence-electron chi connectivity index (χ2n) is 4.24. The van der Waals surface area contributed by atoms with Gasteiger partial charge >= 0.3 is 0 Å². The minimum Gasteiger partial charge on any atom is -0.494 e. The monoisotopic (exact) mass is 354 g/mol. The van der Waals surface area contributed by atoms with Crippen LogP contribution >= 0.6 is 27.5 Å². The maximum Gasteiger partial charge on any atom is 0.124 e. The molecule has 0 bridgehead atoms. The molecular weight excluding hydrogens is 340 g/mol. The van der Waals surface area contributed by atoms with Gasteiger partial charge in [0.2, 0.25) is 0 Å². The standard InChI is InChI=1S/C15H16BrClN2O/c1-2-20-14-6-4-3-5-12(14)15(19-18)11-8-7-10(17)9-13(11)16/h3-9,15,19H,2,18H2,1H3. The Balaban J connectivity index is 2.47. The molecule has 0 aromatic heterocycles. The minimum atomic E-state index is -0.176. The summed E-state index contributed by atoms with van der Waals surface area (Å²) in [5.41, 5.74) is 4.83. The molecule has 3 N–H and O–H groups in total. The predicted molar refractivity (Wildman–Crippen MR) is 85.9 cm³/mol. The third kappa shape index (κ3) is 3.33. The first-order valence-corrected chi connectivity index (χ1v) is 7.47. The number of ether oxygens (including phenoxy) is 1. The Labute approximate surface area is 132 Å². The summed E-state index contributed by atoms with van der Waals surface area (Å²) in [4.78, 5) is 0. The van der Waals surface area contributed by atoms with Crippen LogP contribution in [0.25, 0.3) is 0 Å². The second kappa shape index (κ2) is 7.09. The molecule has 1 atom stereocenters. The van der Waals surface area contributed by atoms with Crippen molar-refractivity contribution in [2.24, 2.45) is 5.84 Å². The van der Waals surface area contributed by atoms with Gasteiger partial charge in [-0.3, -0.25) is 5.84 Å². The van der Waals surface area contributed by atoms with Gasteiger partial charge in [-0.25, -0.2) is 5.43 Å². The van der Waals surface area contributed by atoms with Crippen LogP contribution in [0.1, 0.15) is 24.1 Å². The summed E-state index contributed by atoms with van der Waals surface area (Å²) in [5.74, 6) is 6.57. The maximum atomic E-state index is 5.99. The van der Waals surface area contributed by atoms with Crippen molar-refractivity contribution in [3.05, 3.63) is 63.1 Å². The largest absolute Gasteiger partial charge is 0.494 e. The predicted octanol–water partition coefficient (Wildman–Crippen LogP) is 4.05. The van der Waals surface area contributed by atoms with Crippen LogP contribution in [-0.2, 0) is 0 Å². The average Bonchev–Trinajstić information content (AvgIpc) is 2.44. The van der Waals surface area contributed by atoms with Crippen molar-refractivity contribution < 1.29 is 4.74 Å². The maximum absolute atomic E-state index is 5.99. The molecule has 0 aliphatic heterocycles. The summed E-state index contributed by atoms with van der Waals surface area (Å²) in [7, 11) is 0. The van der Waals surface area contributed by atoms with Crippen molar-refractivity contribution in [3.8, 4) is 5.75 Å². The number of hydrogen-bond acceptors (Lipinski definition) is 3. The molecule has 0 spiro atoms. The molecule has 0 amide bonds. The molecule has 0 radical (unpaired) electrons. The molecule has 2 aromatic carbocycles. The van der Waals surface area contributed by atoms with E-state index in [1.54, 1.807) is 0 Å². The lowest BCUT2D eigenvalue weighted by atomic mass is 9.98. The van der Waals surface area contributed by atoms with Crippen molar-refractivity contribution in [1.29, 1.82) is 0 Å². The van der Waals surface area contributed by atoms with Crippen LogP contribution < -0.4 is 16.0 Å². The van der Waals surface area contributed by atoms with Gasteiger partial charge in [-0.15, -0.1) is 0 Å². The zero-order valence-electron chi connectivity index (χ0n) is 11.1. The number of hydrogen-bond donors (Lipinski definition) is 2. The first-order chi connectivity index (χ1) is 9.67. The average molecular weight is 356 g/mol. The Bertz CT molecular complexity index is 592. The van der Waals surface area contributed by atoms with E-state index in [1.807, 2.05) is 49.4 Å². The lowest BCUT2D eigenvalue weighted by molar-refractivity contribution is 0.333. The number of nitrogens with one attached hydrogen (secondary N) is 1. The molecule has 0 fully saturated rings. The fourth-order valence-corrected chi connectivity index (χ4v) is 3.00. The van der Waals surface area contributed by atoms with Crippen molar-refractivity contribution in [1.82, 2.24) is 5.43 Å². The van der Waals surface area contributed by atoms with Gasteiger partial charge in [0.05, 0.1) is 12.6 Å². The highest BCUT2D eigenvalue weighted by Gasteiger charge is 2.19.